The molecule has 0 heterocycles. The summed E-state index contributed by atoms with van der Waals surface area (Å²) in [5.74, 6) is -0.282. The Morgan fingerprint density at radius 1 is 1.26 bits per heavy atom. The topological polar surface area (TPSA) is 59.0 Å². The molecule has 0 aromatic heterocycles. The highest BCUT2D eigenvalue weighted by Crippen LogP contribution is 2.21. The predicted octanol–water partition coefficient (Wildman–Crippen LogP) is 3.51. The van der Waals surface area contributed by atoms with E-state index in [4.69, 9.17) is 27.3 Å². The fourth-order valence-electron chi connectivity index (χ4n) is 1.54. The summed E-state index contributed by atoms with van der Waals surface area (Å²) in [5.41, 5.74) is 7.03. The van der Waals surface area contributed by atoms with Gasteiger partial charge in [-0.25, -0.2) is 4.39 Å². The highest BCUT2D eigenvalue weighted by atomic mass is 35.5. The van der Waals surface area contributed by atoms with Crippen LogP contribution in [0.2, 0.25) is 5.02 Å². The smallest absolute Gasteiger partial charge is 0.144 e. The van der Waals surface area contributed by atoms with Crippen LogP contribution in [0.4, 0.5) is 10.1 Å². The third-order valence-corrected chi connectivity index (χ3v) is 2.80. The zero-order valence-electron chi connectivity index (χ0n) is 9.86. The molecule has 0 aliphatic heterocycles. The molecule has 2 aromatic rings. The Kier molecular flexibility index (Phi) is 3.88. The molecule has 2 N–H and O–H groups in total. The van der Waals surface area contributed by atoms with E-state index in [2.05, 4.69) is 0 Å². The van der Waals surface area contributed by atoms with Crippen LogP contribution in [0.5, 0.6) is 5.75 Å². The van der Waals surface area contributed by atoms with Crippen molar-refractivity contribution in [2.45, 2.75) is 6.61 Å². The van der Waals surface area contributed by atoms with Gasteiger partial charge in [0.15, 0.2) is 0 Å². The summed E-state index contributed by atoms with van der Waals surface area (Å²) in [6, 6.07) is 10.9. The monoisotopic (exact) mass is 276 g/mol. The lowest BCUT2D eigenvalue weighted by atomic mass is 10.2. The molecule has 0 saturated heterocycles. The minimum absolute atomic E-state index is 0.0189. The maximum Gasteiger partial charge on any atom is 0.144 e. The van der Waals surface area contributed by atoms with Gasteiger partial charge >= 0.3 is 0 Å². The van der Waals surface area contributed by atoms with Crippen LogP contribution in [0.1, 0.15) is 11.1 Å². The standard InChI is InChI=1S/C14H10ClFN2O/c15-11-2-4-14(18)10(5-11)8-19-12-3-1-9(7-17)13(16)6-12/h1-6H,8,18H2. The summed E-state index contributed by atoms with van der Waals surface area (Å²) in [6.45, 7) is 0.178. The first-order chi connectivity index (χ1) is 9.10. The summed E-state index contributed by atoms with van der Waals surface area (Å²) >= 11 is 5.86. The van der Waals surface area contributed by atoms with Gasteiger partial charge in [0.1, 0.15) is 24.2 Å². The molecule has 0 bridgehead atoms. The molecule has 0 aliphatic carbocycles. The van der Waals surface area contributed by atoms with E-state index in [1.165, 1.54) is 18.2 Å². The molecule has 19 heavy (non-hydrogen) atoms. The van der Waals surface area contributed by atoms with Crippen molar-refractivity contribution in [1.82, 2.24) is 0 Å². The number of hydrogen-bond acceptors (Lipinski definition) is 3. The number of nitrogen functional groups attached to an aromatic ring is 1. The number of hydrogen-bond donors (Lipinski definition) is 1. The minimum atomic E-state index is -0.612. The van der Waals surface area contributed by atoms with Crippen LogP contribution in [-0.4, -0.2) is 0 Å². The second-order valence-electron chi connectivity index (χ2n) is 3.89. The highest BCUT2D eigenvalue weighted by molar-refractivity contribution is 6.30. The number of rotatable bonds is 3. The van der Waals surface area contributed by atoms with E-state index in [0.29, 0.717) is 16.5 Å². The van der Waals surface area contributed by atoms with Crippen LogP contribution in [0, 0.1) is 17.1 Å². The molecule has 0 unspecified atom stereocenters. The van der Waals surface area contributed by atoms with Crippen molar-refractivity contribution >= 4 is 17.3 Å². The number of nitrogens with two attached hydrogens (primary N) is 1. The van der Waals surface area contributed by atoms with Crippen LogP contribution in [0.25, 0.3) is 0 Å². The number of anilines is 1. The second kappa shape index (κ2) is 5.59. The Morgan fingerprint density at radius 2 is 2.05 bits per heavy atom. The number of nitrogens with zero attached hydrogens (tertiary/aromatic N) is 1. The largest absolute Gasteiger partial charge is 0.489 e. The van der Waals surface area contributed by atoms with Crippen molar-refractivity contribution in [3.63, 3.8) is 0 Å². The first-order valence-electron chi connectivity index (χ1n) is 5.46. The fourth-order valence-corrected chi connectivity index (χ4v) is 1.73. The molecule has 96 valence electrons. The number of benzene rings is 2. The van der Waals surface area contributed by atoms with Gasteiger partial charge in [-0.2, -0.15) is 5.26 Å². The fraction of sp³-hybridized carbons (Fsp3) is 0.0714. The molecule has 0 atom stereocenters. The van der Waals surface area contributed by atoms with E-state index < -0.39 is 5.82 Å². The van der Waals surface area contributed by atoms with Crippen molar-refractivity contribution in [2.24, 2.45) is 0 Å². The van der Waals surface area contributed by atoms with Crippen LogP contribution < -0.4 is 10.5 Å². The van der Waals surface area contributed by atoms with E-state index in [1.54, 1.807) is 24.3 Å². The molecule has 5 heteroatoms. The average Bonchev–Trinajstić information content (AvgIpc) is 2.40. The van der Waals surface area contributed by atoms with Gasteiger partial charge in [-0.15, -0.1) is 0 Å². The Labute approximate surface area is 115 Å². The van der Waals surface area contributed by atoms with E-state index >= 15 is 0 Å². The Balaban J connectivity index is 2.13. The van der Waals surface area contributed by atoms with E-state index in [0.717, 1.165) is 5.56 Å². The van der Waals surface area contributed by atoms with Gasteiger partial charge in [-0.1, -0.05) is 11.6 Å². The second-order valence-corrected chi connectivity index (χ2v) is 4.32. The van der Waals surface area contributed by atoms with Crippen molar-refractivity contribution in [3.8, 4) is 11.8 Å². The summed E-state index contributed by atoms with van der Waals surface area (Å²) in [6.07, 6.45) is 0. The average molecular weight is 277 g/mol. The first kappa shape index (κ1) is 13.2. The molecule has 2 aromatic carbocycles. The third kappa shape index (κ3) is 3.15. The van der Waals surface area contributed by atoms with Crippen LogP contribution in [-0.2, 0) is 6.61 Å². The molecule has 0 aliphatic rings. The Hall–Kier alpha value is -2.25. The zero-order chi connectivity index (χ0) is 13.8. The van der Waals surface area contributed by atoms with Gasteiger partial charge < -0.3 is 10.5 Å². The van der Waals surface area contributed by atoms with E-state index in [-0.39, 0.29) is 12.2 Å². The van der Waals surface area contributed by atoms with Gasteiger partial charge in [0.2, 0.25) is 0 Å². The highest BCUT2D eigenvalue weighted by Gasteiger charge is 2.05. The normalized spacial score (nSPS) is 9.95. The molecule has 0 radical (unpaired) electrons. The Morgan fingerprint density at radius 3 is 2.74 bits per heavy atom. The van der Waals surface area contributed by atoms with Gasteiger partial charge in [-0.3, -0.25) is 0 Å². The number of ether oxygens (including phenoxy) is 1. The molecule has 0 amide bonds. The molecule has 0 spiro atoms. The number of nitriles is 1. The molecule has 0 saturated carbocycles. The minimum Gasteiger partial charge on any atom is -0.489 e. The van der Waals surface area contributed by atoms with Gasteiger partial charge in [-0.05, 0) is 30.3 Å². The molecular formula is C14H10ClFN2O. The van der Waals surface area contributed by atoms with Crippen molar-refractivity contribution in [3.05, 3.63) is 58.4 Å². The molecule has 0 fully saturated rings. The molecular weight excluding hydrogens is 267 g/mol. The summed E-state index contributed by atoms with van der Waals surface area (Å²) in [5, 5.41) is 9.18. The maximum absolute atomic E-state index is 13.4. The van der Waals surface area contributed by atoms with Gasteiger partial charge in [0.05, 0.1) is 5.56 Å². The van der Waals surface area contributed by atoms with Crippen LogP contribution in [0.3, 0.4) is 0 Å². The lowest BCUT2D eigenvalue weighted by Crippen LogP contribution is -2.00. The first-order valence-corrected chi connectivity index (χ1v) is 5.84. The molecule has 2 rings (SSSR count). The number of halogens is 2. The van der Waals surface area contributed by atoms with Gasteiger partial charge in [0.25, 0.3) is 0 Å². The van der Waals surface area contributed by atoms with E-state index in [9.17, 15) is 4.39 Å². The van der Waals surface area contributed by atoms with Crippen molar-refractivity contribution < 1.29 is 9.13 Å². The molecule has 3 nitrogen and oxygen atoms in total. The van der Waals surface area contributed by atoms with Crippen LogP contribution >= 0.6 is 11.6 Å². The predicted molar refractivity (Wildman–Crippen MR) is 71.3 cm³/mol. The lowest BCUT2D eigenvalue weighted by molar-refractivity contribution is 0.305. The van der Waals surface area contributed by atoms with Crippen molar-refractivity contribution in [2.75, 3.05) is 5.73 Å². The zero-order valence-corrected chi connectivity index (χ0v) is 10.6. The third-order valence-electron chi connectivity index (χ3n) is 2.56. The van der Waals surface area contributed by atoms with Crippen LogP contribution in [0.15, 0.2) is 36.4 Å². The summed E-state index contributed by atoms with van der Waals surface area (Å²) in [4.78, 5) is 0. The van der Waals surface area contributed by atoms with E-state index in [1.807, 2.05) is 0 Å². The lowest BCUT2D eigenvalue weighted by Gasteiger charge is -2.09. The maximum atomic E-state index is 13.4. The summed E-state index contributed by atoms with van der Waals surface area (Å²) in [7, 11) is 0. The Bertz CT molecular complexity index is 652. The van der Waals surface area contributed by atoms with Gasteiger partial charge in [0, 0.05) is 22.3 Å². The summed E-state index contributed by atoms with van der Waals surface area (Å²) < 4.78 is 18.8. The quantitative estimate of drug-likeness (QED) is 0.873. The van der Waals surface area contributed by atoms with Crippen molar-refractivity contribution in [1.29, 1.82) is 5.26 Å². The SMILES string of the molecule is N#Cc1ccc(OCc2cc(Cl)ccc2N)cc1F.